The van der Waals surface area contributed by atoms with E-state index in [4.69, 9.17) is 0 Å². The first-order valence-electron chi connectivity index (χ1n) is 6.87. The summed E-state index contributed by atoms with van der Waals surface area (Å²) >= 11 is 0. The van der Waals surface area contributed by atoms with E-state index < -0.39 is 0 Å². The van der Waals surface area contributed by atoms with E-state index in [-0.39, 0.29) is 5.41 Å². The van der Waals surface area contributed by atoms with Crippen LogP contribution in [0.4, 0.5) is 5.69 Å². The number of benzene rings is 2. The van der Waals surface area contributed by atoms with Crippen molar-refractivity contribution in [3.8, 4) is 0 Å². The third kappa shape index (κ3) is 3.47. The second kappa shape index (κ2) is 5.91. The van der Waals surface area contributed by atoms with Gasteiger partial charge in [0.1, 0.15) is 0 Å². The average molecular weight is 267 g/mol. The van der Waals surface area contributed by atoms with Crippen LogP contribution in [0.2, 0.25) is 0 Å². The van der Waals surface area contributed by atoms with E-state index in [1.165, 1.54) is 5.56 Å². The summed E-state index contributed by atoms with van der Waals surface area (Å²) in [7, 11) is 0. The van der Waals surface area contributed by atoms with Crippen LogP contribution in [-0.2, 0) is 16.8 Å². The van der Waals surface area contributed by atoms with Crippen molar-refractivity contribution in [3.05, 3.63) is 65.7 Å². The highest BCUT2D eigenvalue weighted by Gasteiger charge is 2.14. The molecule has 20 heavy (non-hydrogen) atoms. The molecule has 0 aliphatic carbocycles. The lowest BCUT2D eigenvalue weighted by molar-refractivity contribution is -0.107. The largest absolute Gasteiger partial charge is 0.311 e. The average Bonchev–Trinajstić information content (AvgIpc) is 2.45. The maximum absolute atomic E-state index is 11.3. The maximum Gasteiger partial charge on any atom is 0.214 e. The molecule has 0 bridgehead atoms. The van der Waals surface area contributed by atoms with Crippen molar-refractivity contribution in [2.75, 3.05) is 4.90 Å². The van der Waals surface area contributed by atoms with Crippen molar-refractivity contribution in [1.82, 2.24) is 0 Å². The first-order chi connectivity index (χ1) is 9.50. The third-order valence-corrected chi connectivity index (χ3v) is 3.39. The molecule has 2 aromatic carbocycles. The minimum Gasteiger partial charge on any atom is -0.311 e. The van der Waals surface area contributed by atoms with Gasteiger partial charge in [0.15, 0.2) is 0 Å². The smallest absolute Gasteiger partial charge is 0.214 e. The highest BCUT2D eigenvalue weighted by atomic mass is 16.1. The lowest BCUT2D eigenvalue weighted by atomic mass is 9.87. The zero-order valence-corrected chi connectivity index (χ0v) is 12.3. The molecule has 2 aromatic rings. The molecule has 0 fully saturated rings. The van der Waals surface area contributed by atoms with Crippen LogP contribution < -0.4 is 4.90 Å². The maximum atomic E-state index is 11.3. The second-order valence-electron chi connectivity index (χ2n) is 6.02. The molecule has 0 atom stereocenters. The molecule has 0 aliphatic rings. The number of rotatable bonds is 4. The summed E-state index contributed by atoms with van der Waals surface area (Å²) in [5, 5.41) is 0. The highest BCUT2D eigenvalue weighted by molar-refractivity contribution is 5.75. The lowest BCUT2D eigenvalue weighted by Gasteiger charge is -2.22. The Balaban J connectivity index is 2.18. The predicted octanol–water partition coefficient (Wildman–Crippen LogP) is 4.15. The van der Waals surface area contributed by atoms with E-state index >= 15 is 0 Å². The van der Waals surface area contributed by atoms with Gasteiger partial charge in [0.2, 0.25) is 6.41 Å². The number of amides is 1. The van der Waals surface area contributed by atoms with Gasteiger partial charge < -0.3 is 4.90 Å². The molecule has 0 spiro atoms. The molecule has 0 saturated carbocycles. The van der Waals surface area contributed by atoms with Gasteiger partial charge in [-0.25, -0.2) is 0 Å². The summed E-state index contributed by atoms with van der Waals surface area (Å²) < 4.78 is 0. The fourth-order valence-electron chi connectivity index (χ4n) is 2.12. The molecule has 2 rings (SSSR count). The van der Waals surface area contributed by atoms with E-state index in [9.17, 15) is 4.79 Å². The van der Waals surface area contributed by atoms with Gasteiger partial charge in [-0.3, -0.25) is 4.79 Å². The first kappa shape index (κ1) is 14.3. The Hall–Kier alpha value is -2.09. The predicted molar refractivity (Wildman–Crippen MR) is 83.8 cm³/mol. The summed E-state index contributed by atoms with van der Waals surface area (Å²) in [5.41, 5.74) is 3.45. The standard InChI is InChI=1S/C18H21NO/c1-18(2,3)16-9-11-17(12-10-16)19(14-20)13-15-7-5-4-6-8-15/h4-12,14H,13H2,1-3H3. The Bertz CT molecular complexity index is 552. The van der Waals surface area contributed by atoms with Crippen molar-refractivity contribution in [2.24, 2.45) is 0 Å². The number of carbonyl (C=O) groups is 1. The minimum atomic E-state index is 0.129. The van der Waals surface area contributed by atoms with E-state index in [2.05, 4.69) is 32.9 Å². The van der Waals surface area contributed by atoms with Crippen LogP contribution in [0.1, 0.15) is 31.9 Å². The molecule has 0 saturated heterocycles. The Morgan fingerprint density at radius 3 is 2.05 bits per heavy atom. The lowest BCUT2D eigenvalue weighted by Crippen LogP contribution is -2.20. The Labute approximate surface area is 121 Å². The van der Waals surface area contributed by atoms with E-state index in [1.807, 2.05) is 42.5 Å². The minimum absolute atomic E-state index is 0.129. The molecular weight excluding hydrogens is 246 g/mol. The highest BCUT2D eigenvalue weighted by Crippen LogP contribution is 2.25. The van der Waals surface area contributed by atoms with Crippen LogP contribution in [0.25, 0.3) is 0 Å². The number of hydrogen-bond acceptors (Lipinski definition) is 1. The zero-order valence-electron chi connectivity index (χ0n) is 12.3. The monoisotopic (exact) mass is 267 g/mol. The van der Waals surface area contributed by atoms with Crippen molar-refractivity contribution < 1.29 is 4.79 Å². The van der Waals surface area contributed by atoms with Crippen LogP contribution in [-0.4, -0.2) is 6.41 Å². The van der Waals surface area contributed by atoms with Gasteiger partial charge in [0.05, 0.1) is 6.54 Å². The van der Waals surface area contributed by atoms with Gasteiger partial charge >= 0.3 is 0 Å². The van der Waals surface area contributed by atoms with Gasteiger partial charge in [-0.05, 0) is 28.7 Å². The normalized spacial score (nSPS) is 11.2. The first-order valence-corrected chi connectivity index (χ1v) is 6.87. The molecule has 104 valence electrons. The summed E-state index contributed by atoms with van der Waals surface area (Å²) in [6.45, 7) is 7.15. The van der Waals surface area contributed by atoms with Gasteiger partial charge in [-0.15, -0.1) is 0 Å². The van der Waals surface area contributed by atoms with Gasteiger partial charge in [-0.1, -0.05) is 63.2 Å². The number of carbonyl (C=O) groups excluding carboxylic acids is 1. The quantitative estimate of drug-likeness (QED) is 0.762. The fraction of sp³-hybridized carbons (Fsp3) is 0.278. The van der Waals surface area contributed by atoms with Gasteiger partial charge in [-0.2, -0.15) is 0 Å². The SMILES string of the molecule is CC(C)(C)c1ccc(N(C=O)Cc2ccccc2)cc1. The molecule has 0 N–H and O–H groups in total. The molecule has 0 radical (unpaired) electrons. The van der Waals surface area contributed by atoms with Gasteiger partial charge in [0, 0.05) is 5.69 Å². The third-order valence-electron chi connectivity index (χ3n) is 3.39. The number of anilines is 1. The molecule has 2 heteroatoms. The zero-order chi connectivity index (χ0) is 14.6. The Kier molecular flexibility index (Phi) is 4.23. The van der Waals surface area contributed by atoms with Crippen molar-refractivity contribution in [2.45, 2.75) is 32.7 Å². The molecule has 1 amide bonds. The topological polar surface area (TPSA) is 20.3 Å². The Morgan fingerprint density at radius 2 is 1.55 bits per heavy atom. The number of nitrogens with zero attached hydrogens (tertiary/aromatic N) is 1. The summed E-state index contributed by atoms with van der Waals surface area (Å²) in [4.78, 5) is 13.0. The van der Waals surface area contributed by atoms with E-state index in [0.29, 0.717) is 6.54 Å². The fourth-order valence-corrected chi connectivity index (χ4v) is 2.12. The second-order valence-corrected chi connectivity index (χ2v) is 6.02. The Morgan fingerprint density at radius 1 is 0.950 bits per heavy atom. The van der Waals surface area contributed by atoms with Crippen LogP contribution >= 0.6 is 0 Å². The van der Waals surface area contributed by atoms with Crippen molar-refractivity contribution >= 4 is 12.1 Å². The molecular formula is C18H21NO. The molecule has 0 unspecified atom stereocenters. The van der Waals surface area contributed by atoms with Crippen molar-refractivity contribution in [3.63, 3.8) is 0 Å². The van der Waals surface area contributed by atoms with Crippen molar-refractivity contribution in [1.29, 1.82) is 0 Å². The van der Waals surface area contributed by atoms with Crippen LogP contribution in [0, 0.1) is 0 Å². The van der Waals surface area contributed by atoms with Gasteiger partial charge in [0.25, 0.3) is 0 Å². The van der Waals surface area contributed by atoms with Crippen LogP contribution in [0.15, 0.2) is 54.6 Å². The van der Waals surface area contributed by atoms with Crippen LogP contribution in [0.3, 0.4) is 0 Å². The molecule has 0 aromatic heterocycles. The number of hydrogen-bond donors (Lipinski definition) is 0. The van der Waals surface area contributed by atoms with E-state index in [1.54, 1.807) is 4.90 Å². The van der Waals surface area contributed by atoms with E-state index in [0.717, 1.165) is 17.7 Å². The summed E-state index contributed by atoms with van der Waals surface area (Å²) in [6, 6.07) is 18.2. The molecule has 0 heterocycles. The molecule has 2 nitrogen and oxygen atoms in total. The van der Waals surface area contributed by atoms with Crippen LogP contribution in [0.5, 0.6) is 0 Å². The summed E-state index contributed by atoms with van der Waals surface area (Å²) in [5.74, 6) is 0. The molecule has 0 aliphatic heterocycles. The summed E-state index contributed by atoms with van der Waals surface area (Å²) in [6.07, 6.45) is 0.888.